The lowest BCUT2D eigenvalue weighted by molar-refractivity contribution is -0.185. The summed E-state index contributed by atoms with van der Waals surface area (Å²) >= 11 is 0. The van der Waals surface area contributed by atoms with Crippen molar-refractivity contribution in [1.29, 1.82) is 0 Å². The number of carbonyl (C=O) groups is 7. The topological polar surface area (TPSA) is 298 Å². The summed E-state index contributed by atoms with van der Waals surface area (Å²) in [6.45, 7) is 14.8. The van der Waals surface area contributed by atoms with E-state index < -0.39 is 76.2 Å². The molecule has 1 fully saturated rings. The Hall–Kier alpha value is -6.95. The Morgan fingerprint density at radius 1 is 0.544 bits per heavy atom. The molecular weight excluding hydrogens is 1320 g/mol. The number of hydrogen-bond acceptors (Lipinski definition) is 17. The van der Waals surface area contributed by atoms with Crippen molar-refractivity contribution in [2.75, 3.05) is 67.6 Å². The number of ether oxygens (including phenoxy) is 8. The molecule has 1 saturated heterocycles. The van der Waals surface area contributed by atoms with Crippen molar-refractivity contribution < 1.29 is 91.9 Å². The minimum atomic E-state index is -2.46. The Balaban J connectivity index is 0.000000701. The van der Waals surface area contributed by atoms with Gasteiger partial charge >= 0.3 is 17.9 Å². The van der Waals surface area contributed by atoms with E-state index in [-0.39, 0.29) is 64.3 Å². The van der Waals surface area contributed by atoms with Crippen LogP contribution in [0.25, 0.3) is 0 Å². The molecule has 2 amide bonds. The molecule has 6 atom stereocenters. The van der Waals surface area contributed by atoms with Gasteiger partial charge in [-0.1, -0.05) is 151 Å². The minimum Gasteiger partial charge on any atom is -0.481 e. The summed E-state index contributed by atoms with van der Waals surface area (Å²) < 4.78 is 44.2. The lowest BCUT2D eigenvalue weighted by Gasteiger charge is -2.34. The van der Waals surface area contributed by atoms with E-state index in [4.69, 9.17) is 37.9 Å². The van der Waals surface area contributed by atoms with Crippen LogP contribution >= 0.6 is 0 Å². The molecule has 1 aliphatic rings. The SMILES string of the molecule is CC#CCOc1ccc(C[C@H](NC(=O)[C@@H](/C=C/CCCCCCC(=O)CCCCCCC)[C@@](O)(CCOC)C(=O)O)C(=O)CCCOC)cc1.CC#CCOc1ccc(C[C@H](NC(=O)[C@@H](/C=C/CCCCCCC2(CCCCCCC)OCCO2)[C@@](O)(CCOC)C(=O)OC(C)(C)C)C(=O)O)cc1. The number of Topliss-reactive ketones (excluding diaryl/α,β-unsaturated/α-hetero) is 2. The van der Waals surface area contributed by atoms with Crippen LogP contribution < -0.4 is 20.1 Å². The van der Waals surface area contributed by atoms with Crippen molar-refractivity contribution in [3.05, 3.63) is 84.0 Å². The molecule has 1 heterocycles. The summed E-state index contributed by atoms with van der Waals surface area (Å²) in [5, 5.41) is 48.8. The second-order valence-corrected chi connectivity index (χ2v) is 27.5. The number of carbonyl (C=O) groups excluding carboxylic acids is 5. The van der Waals surface area contributed by atoms with Crippen LogP contribution in [0.4, 0.5) is 0 Å². The van der Waals surface area contributed by atoms with Gasteiger partial charge in [0.05, 0.1) is 31.1 Å². The predicted molar refractivity (Wildman–Crippen MR) is 399 cm³/mol. The fourth-order valence-corrected chi connectivity index (χ4v) is 11.8. The molecule has 0 bridgehead atoms. The zero-order valence-corrected chi connectivity index (χ0v) is 63.8. The third-order valence-electron chi connectivity index (χ3n) is 17.8. The molecule has 2 aromatic carbocycles. The smallest absolute Gasteiger partial charge is 0.339 e. The molecular formula is C82H126N2O19. The van der Waals surface area contributed by atoms with Gasteiger partial charge in [-0.3, -0.25) is 19.2 Å². The molecule has 0 radical (unpaired) electrons. The molecule has 0 aromatic heterocycles. The highest BCUT2D eigenvalue weighted by molar-refractivity contribution is 5.95. The van der Waals surface area contributed by atoms with E-state index in [0.717, 1.165) is 89.0 Å². The van der Waals surface area contributed by atoms with E-state index in [2.05, 4.69) is 48.2 Å². The summed E-state index contributed by atoms with van der Waals surface area (Å²) in [6.07, 6.45) is 29.5. The Kier molecular flexibility index (Phi) is 48.1. The number of aliphatic carboxylic acids is 2. The van der Waals surface area contributed by atoms with Gasteiger partial charge in [-0.05, 0) is 134 Å². The van der Waals surface area contributed by atoms with E-state index in [9.17, 15) is 54.0 Å². The second kappa shape index (κ2) is 53.8. The fourth-order valence-electron chi connectivity index (χ4n) is 11.8. The first kappa shape index (κ1) is 92.1. The maximum Gasteiger partial charge on any atom is 0.339 e. The largest absolute Gasteiger partial charge is 0.481 e. The summed E-state index contributed by atoms with van der Waals surface area (Å²) in [4.78, 5) is 91.5. The van der Waals surface area contributed by atoms with Crippen molar-refractivity contribution in [3.63, 3.8) is 0 Å². The monoisotopic (exact) mass is 1440 g/mol. The van der Waals surface area contributed by atoms with Crippen molar-refractivity contribution in [3.8, 4) is 35.2 Å². The summed E-state index contributed by atoms with van der Waals surface area (Å²) in [5.41, 5.74) is -4.33. The number of nitrogens with one attached hydrogen (secondary N) is 2. The third-order valence-corrected chi connectivity index (χ3v) is 17.8. The van der Waals surface area contributed by atoms with E-state index in [0.29, 0.717) is 74.8 Å². The number of ketones is 2. The van der Waals surface area contributed by atoms with Crippen molar-refractivity contribution in [1.82, 2.24) is 10.6 Å². The number of carboxylic acids is 2. The molecule has 0 saturated carbocycles. The number of benzene rings is 2. The molecule has 1 aliphatic heterocycles. The minimum absolute atomic E-state index is 0.0360. The maximum absolute atomic E-state index is 13.9. The van der Waals surface area contributed by atoms with Gasteiger partial charge in [0.2, 0.25) is 11.8 Å². The van der Waals surface area contributed by atoms with E-state index in [1.807, 2.05) is 0 Å². The normalized spacial score (nSPS) is 15.0. The summed E-state index contributed by atoms with van der Waals surface area (Å²) in [6, 6.07) is 11.6. The number of esters is 1. The Morgan fingerprint density at radius 3 is 1.39 bits per heavy atom. The molecule has 21 heteroatoms. The summed E-state index contributed by atoms with van der Waals surface area (Å²) in [5.74, 6) is 3.67. The van der Waals surface area contributed by atoms with Crippen LogP contribution in [0.2, 0.25) is 0 Å². The second-order valence-electron chi connectivity index (χ2n) is 27.5. The van der Waals surface area contributed by atoms with Gasteiger partial charge in [0, 0.05) is 92.5 Å². The number of unbranched alkanes of at least 4 members (excludes halogenated alkanes) is 16. The van der Waals surface area contributed by atoms with Crippen LogP contribution in [-0.4, -0.2) is 164 Å². The average molecular weight is 1440 g/mol. The number of carboxylic acid groups (broad SMARTS) is 2. The predicted octanol–water partition coefficient (Wildman–Crippen LogP) is 13.3. The quantitative estimate of drug-likeness (QED) is 0.0155. The zero-order chi connectivity index (χ0) is 76.2. The number of hydrogen-bond donors (Lipinski definition) is 6. The van der Waals surface area contributed by atoms with Crippen molar-refractivity contribution >= 4 is 41.3 Å². The Labute approximate surface area is 615 Å². The molecule has 578 valence electrons. The van der Waals surface area contributed by atoms with Gasteiger partial charge in [0.15, 0.2) is 22.8 Å². The van der Waals surface area contributed by atoms with Crippen LogP contribution in [0.5, 0.6) is 11.5 Å². The Morgan fingerprint density at radius 2 is 0.961 bits per heavy atom. The highest BCUT2D eigenvalue weighted by atomic mass is 16.7. The van der Waals surface area contributed by atoms with Gasteiger partial charge in [-0.25, -0.2) is 14.4 Å². The van der Waals surface area contributed by atoms with Gasteiger partial charge in [0.1, 0.15) is 42.1 Å². The van der Waals surface area contributed by atoms with Crippen LogP contribution in [0.1, 0.15) is 239 Å². The van der Waals surface area contributed by atoms with Gasteiger partial charge < -0.3 is 69.0 Å². The number of methoxy groups -OCH3 is 3. The number of allylic oxidation sites excluding steroid dienone is 2. The number of amides is 2. The Bertz CT molecular complexity index is 2930. The first-order valence-electron chi connectivity index (χ1n) is 37.5. The maximum atomic E-state index is 13.9. The van der Waals surface area contributed by atoms with Crippen molar-refractivity contribution in [2.24, 2.45) is 11.8 Å². The first-order chi connectivity index (χ1) is 49.4. The first-order valence-corrected chi connectivity index (χ1v) is 37.5. The standard InChI is InChI=1S/C42H65NO10.C40H61NO9/c1-7-9-11-15-18-25-41(51-30-31-52-41)26-19-16-13-12-14-17-20-35(42(48,27-29-49-6)39(47)53-40(3,4)5)37(44)43-36(38(45)46)32-33-21-23-34(24-22-33)50-28-10-8-2;1-5-7-9-12-15-19-33(42)20-16-13-10-11-14-17-21-35(40(47,39(45)46)27-30-49-4)38(44)41-36(37(43)22-18-28-48-3)31-32-23-25-34(26-24-32)50-29-8-6-2/h17,20-24,35-36,48H,7,9,11-16,18-19,25-32H2,1-6H3,(H,43,44)(H,45,46);17,21,23-26,35-36,47H,5,7,9-16,18-20,22,27-31H2,1-4H3,(H,41,44)(H,45,46)/b20-17+;21-17+/t35-,36+,42+;35-,36+,40+/m11/s1. The molecule has 21 nitrogen and oxygen atoms in total. The van der Waals surface area contributed by atoms with Crippen molar-refractivity contribution in [2.45, 2.75) is 276 Å². The van der Waals surface area contributed by atoms with Crippen LogP contribution in [0.3, 0.4) is 0 Å². The third kappa shape index (κ3) is 38.6. The van der Waals surface area contributed by atoms with E-state index in [1.54, 1.807) is 102 Å². The highest BCUT2D eigenvalue weighted by Gasteiger charge is 2.50. The van der Waals surface area contributed by atoms with E-state index >= 15 is 0 Å². The van der Waals surface area contributed by atoms with Crippen LogP contribution in [0, 0.1) is 35.5 Å². The van der Waals surface area contributed by atoms with Gasteiger partial charge in [0.25, 0.3) is 0 Å². The molecule has 3 rings (SSSR count). The number of rotatable bonds is 56. The molecule has 2 aromatic rings. The fraction of sp³-hybridized carbons (Fsp3) is 0.671. The van der Waals surface area contributed by atoms with Gasteiger partial charge in [-0.2, -0.15) is 0 Å². The zero-order valence-electron chi connectivity index (χ0n) is 63.8. The van der Waals surface area contributed by atoms with Gasteiger partial charge in [-0.15, -0.1) is 11.8 Å². The summed E-state index contributed by atoms with van der Waals surface area (Å²) in [7, 11) is 4.35. The molecule has 0 aliphatic carbocycles. The molecule has 6 N–H and O–H groups in total. The number of aliphatic hydroxyl groups is 2. The van der Waals surface area contributed by atoms with Crippen LogP contribution in [0.15, 0.2) is 72.8 Å². The molecule has 0 spiro atoms. The molecule has 0 unspecified atom stereocenters. The lowest BCUT2D eigenvalue weighted by atomic mass is 9.82. The highest BCUT2D eigenvalue weighted by Crippen LogP contribution is 2.33. The average Bonchev–Trinajstić information content (AvgIpc) is 1.27. The molecule has 103 heavy (non-hydrogen) atoms. The van der Waals surface area contributed by atoms with Crippen LogP contribution in [-0.2, 0) is 74.8 Å². The lowest BCUT2D eigenvalue weighted by Crippen LogP contribution is -2.56. The van der Waals surface area contributed by atoms with E-state index in [1.165, 1.54) is 71.3 Å².